The second kappa shape index (κ2) is 4.57. The Labute approximate surface area is 84.0 Å². The van der Waals surface area contributed by atoms with Gasteiger partial charge in [-0.2, -0.15) is 5.10 Å². The van der Waals surface area contributed by atoms with Gasteiger partial charge in [-0.1, -0.05) is 0 Å². The van der Waals surface area contributed by atoms with Crippen LogP contribution >= 0.6 is 0 Å². The molecule has 0 unspecified atom stereocenters. The van der Waals surface area contributed by atoms with E-state index in [-0.39, 0.29) is 0 Å². The molecule has 0 radical (unpaired) electrons. The van der Waals surface area contributed by atoms with E-state index in [1.165, 1.54) is 24.1 Å². The molecule has 1 atom stereocenters. The number of aromatic nitrogens is 2. The van der Waals surface area contributed by atoms with Crippen LogP contribution in [0.15, 0.2) is 6.20 Å². The van der Waals surface area contributed by atoms with E-state index in [1.807, 2.05) is 6.20 Å². The number of nitrogens with zero attached hydrogens (tertiary/aromatic N) is 1. The highest BCUT2D eigenvalue weighted by Gasteiger charge is 2.13. The van der Waals surface area contributed by atoms with E-state index in [9.17, 15) is 0 Å². The van der Waals surface area contributed by atoms with Crippen LogP contribution in [0.1, 0.15) is 24.1 Å². The number of hydrogen-bond acceptors (Lipinski definition) is 3. The standard InChI is InChI=1S/C10H17N3O/c1-8-5-12-13-10(8)6-11-9-3-2-4-14-7-9/h5,9,11H,2-4,6-7H2,1H3,(H,12,13)/t9-/m1/s1. The molecule has 14 heavy (non-hydrogen) atoms. The molecule has 0 amide bonds. The number of nitrogens with one attached hydrogen (secondary N) is 2. The summed E-state index contributed by atoms with van der Waals surface area (Å²) in [6, 6.07) is 0.506. The summed E-state index contributed by atoms with van der Waals surface area (Å²) in [7, 11) is 0. The van der Waals surface area contributed by atoms with Gasteiger partial charge in [-0.05, 0) is 25.3 Å². The largest absolute Gasteiger partial charge is 0.380 e. The van der Waals surface area contributed by atoms with Gasteiger partial charge in [0.15, 0.2) is 0 Å². The molecule has 1 aromatic heterocycles. The maximum absolute atomic E-state index is 5.39. The van der Waals surface area contributed by atoms with Gasteiger partial charge in [0.2, 0.25) is 0 Å². The van der Waals surface area contributed by atoms with Crippen LogP contribution in [0.5, 0.6) is 0 Å². The summed E-state index contributed by atoms with van der Waals surface area (Å²) in [5.41, 5.74) is 2.39. The SMILES string of the molecule is Cc1cn[nH]c1CN[C@@H]1CCCOC1. The Morgan fingerprint density at radius 1 is 1.71 bits per heavy atom. The maximum Gasteiger partial charge on any atom is 0.0619 e. The summed E-state index contributed by atoms with van der Waals surface area (Å²) >= 11 is 0. The molecule has 1 fully saturated rings. The number of hydrogen-bond donors (Lipinski definition) is 2. The lowest BCUT2D eigenvalue weighted by atomic mass is 10.1. The van der Waals surface area contributed by atoms with Gasteiger partial charge < -0.3 is 10.1 Å². The first-order valence-electron chi connectivity index (χ1n) is 5.16. The zero-order chi connectivity index (χ0) is 9.80. The van der Waals surface area contributed by atoms with Crippen molar-refractivity contribution in [2.24, 2.45) is 0 Å². The van der Waals surface area contributed by atoms with Gasteiger partial charge in [0.1, 0.15) is 0 Å². The fraction of sp³-hybridized carbons (Fsp3) is 0.700. The lowest BCUT2D eigenvalue weighted by Crippen LogP contribution is -2.36. The predicted molar refractivity (Wildman–Crippen MR) is 54.0 cm³/mol. The van der Waals surface area contributed by atoms with E-state index < -0.39 is 0 Å². The third-order valence-electron chi connectivity index (χ3n) is 2.66. The topological polar surface area (TPSA) is 49.9 Å². The van der Waals surface area contributed by atoms with Gasteiger partial charge in [-0.3, -0.25) is 5.10 Å². The normalized spacial score (nSPS) is 22.5. The number of aromatic amines is 1. The van der Waals surface area contributed by atoms with Crippen molar-refractivity contribution in [3.63, 3.8) is 0 Å². The first-order chi connectivity index (χ1) is 6.86. The Bertz CT molecular complexity index is 279. The van der Waals surface area contributed by atoms with Crippen LogP contribution in [-0.2, 0) is 11.3 Å². The van der Waals surface area contributed by atoms with Crippen molar-refractivity contribution in [3.05, 3.63) is 17.5 Å². The third kappa shape index (κ3) is 2.33. The summed E-state index contributed by atoms with van der Waals surface area (Å²) in [4.78, 5) is 0. The Morgan fingerprint density at radius 3 is 3.29 bits per heavy atom. The van der Waals surface area contributed by atoms with Crippen molar-refractivity contribution < 1.29 is 4.74 Å². The van der Waals surface area contributed by atoms with Gasteiger partial charge in [0.25, 0.3) is 0 Å². The van der Waals surface area contributed by atoms with E-state index in [1.54, 1.807) is 0 Å². The molecule has 2 heterocycles. The number of H-pyrrole nitrogens is 1. The minimum Gasteiger partial charge on any atom is -0.380 e. The lowest BCUT2D eigenvalue weighted by Gasteiger charge is -2.22. The average molecular weight is 195 g/mol. The van der Waals surface area contributed by atoms with Gasteiger partial charge in [-0.15, -0.1) is 0 Å². The Hall–Kier alpha value is -0.870. The van der Waals surface area contributed by atoms with Crippen LogP contribution in [0, 0.1) is 6.92 Å². The summed E-state index contributed by atoms with van der Waals surface area (Å²) in [6.07, 6.45) is 4.24. The monoisotopic (exact) mass is 195 g/mol. The molecule has 4 heteroatoms. The molecule has 78 valence electrons. The molecule has 1 aliphatic heterocycles. The first kappa shape index (κ1) is 9.68. The van der Waals surface area contributed by atoms with Crippen LogP contribution in [-0.4, -0.2) is 29.5 Å². The summed E-state index contributed by atoms with van der Waals surface area (Å²) in [6.45, 7) is 4.69. The number of aryl methyl sites for hydroxylation is 1. The average Bonchev–Trinajstić information content (AvgIpc) is 2.63. The zero-order valence-electron chi connectivity index (χ0n) is 8.55. The van der Waals surface area contributed by atoms with Gasteiger partial charge in [-0.25, -0.2) is 0 Å². The summed E-state index contributed by atoms with van der Waals surface area (Å²) < 4.78 is 5.39. The van der Waals surface area contributed by atoms with E-state index in [0.717, 1.165) is 19.8 Å². The quantitative estimate of drug-likeness (QED) is 0.756. The van der Waals surface area contributed by atoms with Gasteiger partial charge in [0, 0.05) is 19.2 Å². The van der Waals surface area contributed by atoms with Crippen molar-refractivity contribution in [1.82, 2.24) is 15.5 Å². The zero-order valence-corrected chi connectivity index (χ0v) is 8.55. The van der Waals surface area contributed by atoms with Crippen molar-refractivity contribution in [2.75, 3.05) is 13.2 Å². The molecule has 4 nitrogen and oxygen atoms in total. The minimum absolute atomic E-state index is 0.506. The van der Waals surface area contributed by atoms with Crippen LogP contribution in [0.3, 0.4) is 0 Å². The van der Waals surface area contributed by atoms with Crippen molar-refractivity contribution in [1.29, 1.82) is 0 Å². The van der Waals surface area contributed by atoms with Crippen LogP contribution in [0.25, 0.3) is 0 Å². The molecule has 1 aromatic rings. The molecule has 2 rings (SSSR count). The van der Waals surface area contributed by atoms with E-state index in [2.05, 4.69) is 22.4 Å². The molecular weight excluding hydrogens is 178 g/mol. The predicted octanol–water partition coefficient (Wildman–Crippen LogP) is 0.987. The summed E-state index contributed by atoms with van der Waals surface area (Å²) in [5.74, 6) is 0. The highest BCUT2D eigenvalue weighted by molar-refractivity contribution is 5.13. The molecule has 1 saturated heterocycles. The Morgan fingerprint density at radius 2 is 2.64 bits per heavy atom. The van der Waals surface area contributed by atoms with E-state index in [0.29, 0.717) is 6.04 Å². The smallest absolute Gasteiger partial charge is 0.0619 e. The highest BCUT2D eigenvalue weighted by atomic mass is 16.5. The van der Waals surface area contributed by atoms with Gasteiger partial charge >= 0.3 is 0 Å². The number of ether oxygens (including phenoxy) is 1. The van der Waals surface area contributed by atoms with Crippen molar-refractivity contribution in [2.45, 2.75) is 32.4 Å². The molecule has 0 spiro atoms. The molecule has 0 saturated carbocycles. The molecule has 1 aliphatic rings. The Balaban J connectivity index is 1.79. The van der Waals surface area contributed by atoms with Gasteiger partial charge in [0.05, 0.1) is 18.5 Å². The van der Waals surface area contributed by atoms with Crippen LogP contribution < -0.4 is 5.32 Å². The van der Waals surface area contributed by atoms with E-state index in [4.69, 9.17) is 4.74 Å². The highest BCUT2D eigenvalue weighted by Crippen LogP contribution is 2.07. The maximum atomic E-state index is 5.39. The molecule has 0 bridgehead atoms. The number of rotatable bonds is 3. The second-order valence-corrected chi connectivity index (χ2v) is 3.83. The van der Waals surface area contributed by atoms with E-state index >= 15 is 0 Å². The van der Waals surface area contributed by atoms with Crippen LogP contribution in [0.4, 0.5) is 0 Å². The molecular formula is C10H17N3O. The van der Waals surface area contributed by atoms with Crippen LogP contribution in [0.2, 0.25) is 0 Å². The fourth-order valence-corrected chi connectivity index (χ4v) is 1.70. The van der Waals surface area contributed by atoms with Crippen molar-refractivity contribution in [3.8, 4) is 0 Å². The fourth-order valence-electron chi connectivity index (χ4n) is 1.70. The molecule has 0 aromatic carbocycles. The molecule has 2 N–H and O–H groups in total. The summed E-state index contributed by atoms with van der Waals surface area (Å²) in [5, 5.41) is 10.4. The first-order valence-corrected chi connectivity index (χ1v) is 5.16. The van der Waals surface area contributed by atoms with Crippen molar-refractivity contribution >= 4 is 0 Å². The third-order valence-corrected chi connectivity index (χ3v) is 2.66. The minimum atomic E-state index is 0.506. The lowest BCUT2D eigenvalue weighted by molar-refractivity contribution is 0.0698. The molecule has 0 aliphatic carbocycles. The Kier molecular flexibility index (Phi) is 3.16. The second-order valence-electron chi connectivity index (χ2n) is 3.83.